The number of hydrogen-bond acceptors (Lipinski definition) is 4. The average Bonchev–Trinajstić information content (AvgIpc) is 2.85. The zero-order valence-corrected chi connectivity index (χ0v) is 13.0. The summed E-state index contributed by atoms with van der Waals surface area (Å²) >= 11 is 5.09. The van der Waals surface area contributed by atoms with E-state index in [2.05, 4.69) is 15.9 Å². The van der Waals surface area contributed by atoms with Crippen LogP contribution in [0.1, 0.15) is 17.9 Å². The minimum atomic E-state index is -0.116. The molecule has 1 aromatic heterocycles. The van der Waals surface area contributed by atoms with Crippen LogP contribution in [-0.2, 0) is 0 Å². The lowest BCUT2D eigenvalue weighted by Gasteiger charge is -2.16. The summed E-state index contributed by atoms with van der Waals surface area (Å²) < 4.78 is 12.4. The van der Waals surface area contributed by atoms with Crippen molar-refractivity contribution in [3.8, 4) is 11.5 Å². The summed E-state index contributed by atoms with van der Waals surface area (Å²) in [6, 6.07) is 11.6. The lowest BCUT2D eigenvalue weighted by atomic mass is 10.2. The number of rotatable bonds is 6. The third kappa shape index (κ3) is 3.96. The van der Waals surface area contributed by atoms with Crippen LogP contribution in [0.3, 0.4) is 0 Å². The Morgan fingerprint density at radius 2 is 1.84 bits per heavy atom. The average molecular weight is 342 g/mol. The number of nitrogens with two attached hydrogens (primary N) is 1. The van der Waals surface area contributed by atoms with E-state index in [9.17, 15) is 0 Å². The van der Waals surface area contributed by atoms with Gasteiger partial charge in [0, 0.05) is 11.4 Å². The van der Waals surface area contributed by atoms with Crippen molar-refractivity contribution >= 4 is 27.3 Å². The van der Waals surface area contributed by atoms with Crippen molar-refractivity contribution in [2.75, 3.05) is 13.2 Å². The van der Waals surface area contributed by atoms with Gasteiger partial charge in [0.05, 0.1) is 10.4 Å². The Morgan fingerprint density at radius 3 is 2.37 bits per heavy atom. The molecule has 1 heterocycles. The third-order valence-electron chi connectivity index (χ3n) is 2.54. The molecule has 0 aliphatic carbocycles. The zero-order valence-electron chi connectivity index (χ0n) is 10.6. The van der Waals surface area contributed by atoms with Crippen molar-refractivity contribution < 1.29 is 9.47 Å². The van der Waals surface area contributed by atoms with Gasteiger partial charge in [-0.25, -0.2) is 0 Å². The number of thiophene rings is 1. The van der Waals surface area contributed by atoms with Crippen LogP contribution in [0, 0.1) is 0 Å². The summed E-state index contributed by atoms with van der Waals surface area (Å²) in [5, 5.41) is 0. The van der Waals surface area contributed by atoms with Gasteiger partial charge in [0.15, 0.2) is 0 Å². The second-order valence-corrected chi connectivity index (χ2v) is 6.38. The van der Waals surface area contributed by atoms with E-state index in [0.29, 0.717) is 13.2 Å². The van der Waals surface area contributed by atoms with Crippen molar-refractivity contribution in [1.82, 2.24) is 0 Å². The van der Waals surface area contributed by atoms with Crippen LogP contribution in [0.5, 0.6) is 11.5 Å². The van der Waals surface area contributed by atoms with E-state index in [4.69, 9.17) is 15.2 Å². The van der Waals surface area contributed by atoms with Gasteiger partial charge in [-0.1, -0.05) is 0 Å². The van der Waals surface area contributed by atoms with Gasteiger partial charge in [0.1, 0.15) is 17.6 Å². The fourth-order valence-corrected chi connectivity index (χ4v) is 3.14. The molecular weight excluding hydrogens is 326 g/mol. The lowest BCUT2D eigenvalue weighted by molar-refractivity contribution is 0.217. The maximum absolute atomic E-state index is 5.91. The highest BCUT2D eigenvalue weighted by Gasteiger charge is 2.13. The first-order valence-electron chi connectivity index (χ1n) is 6.07. The molecule has 102 valence electrons. The largest absolute Gasteiger partial charge is 0.494 e. The maximum Gasteiger partial charge on any atom is 0.145 e. The highest BCUT2D eigenvalue weighted by atomic mass is 79.9. The maximum atomic E-state index is 5.91. The van der Waals surface area contributed by atoms with Crippen LogP contribution in [-0.4, -0.2) is 13.2 Å². The van der Waals surface area contributed by atoms with E-state index in [1.807, 2.05) is 43.3 Å². The predicted octanol–water partition coefficient (Wildman–Crippen LogP) is 3.99. The lowest BCUT2D eigenvalue weighted by Crippen LogP contribution is -2.17. The first-order valence-corrected chi connectivity index (χ1v) is 7.68. The van der Waals surface area contributed by atoms with Crippen molar-refractivity contribution in [2.24, 2.45) is 5.73 Å². The summed E-state index contributed by atoms with van der Waals surface area (Å²) in [5.41, 5.74) is 5.78. The van der Waals surface area contributed by atoms with Gasteiger partial charge in [-0.05, 0) is 59.3 Å². The second kappa shape index (κ2) is 6.93. The molecule has 0 radical (unpaired) electrons. The third-order valence-corrected chi connectivity index (χ3v) is 4.25. The molecule has 0 aliphatic rings. The number of benzene rings is 1. The summed E-state index contributed by atoms with van der Waals surface area (Å²) in [4.78, 5) is 1.11. The molecule has 0 fully saturated rings. The zero-order chi connectivity index (χ0) is 13.7. The van der Waals surface area contributed by atoms with Crippen LogP contribution in [0.25, 0.3) is 0 Å². The minimum Gasteiger partial charge on any atom is -0.494 e. The highest BCUT2D eigenvalue weighted by molar-refractivity contribution is 9.11. The molecule has 0 saturated carbocycles. The Bertz CT molecular complexity index is 512. The van der Waals surface area contributed by atoms with Gasteiger partial charge in [-0.2, -0.15) is 0 Å². The van der Waals surface area contributed by atoms with Gasteiger partial charge in [0.25, 0.3) is 0 Å². The molecule has 0 saturated heterocycles. The standard InChI is InChI=1S/C14H16BrNO2S/c1-2-17-10-3-5-11(6-4-10)18-12(9-16)13-7-8-14(15)19-13/h3-8,12H,2,9,16H2,1H3. The monoisotopic (exact) mass is 341 g/mol. The van der Waals surface area contributed by atoms with Crippen LogP contribution in [0.2, 0.25) is 0 Å². The fourth-order valence-electron chi connectivity index (χ4n) is 1.67. The molecule has 3 nitrogen and oxygen atoms in total. The van der Waals surface area contributed by atoms with Gasteiger partial charge in [0.2, 0.25) is 0 Å². The van der Waals surface area contributed by atoms with E-state index in [-0.39, 0.29) is 6.10 Å². The molecule has 1 aromatic carbocycles. The minimum absolute atomic E-state index is 0.116. The molecule has 2 aromatic rings. The van der Waals surface area contributed by atoms with E-state index >= 15 is 0 Å². The second-order valence-electron chi connectivity index (χ2n) is 3.89. The summed E-state index contributed by atoms with van der Waals surface area (Å²) in [5.74, 6) is 1.64. The number of halogens is 1. The Hall–Kier alpha value is -1.04. The number of ether oxygens (including phenoxy) is 2. The summed E-state index contributed by atoms with van der Waals surface area (Å²) in [6.07, 6.45) is -0.116. The summed E-state index contributed by atoms with van der Waals surface area (Å²) in [7, 11) is 0. The molecule has 0 aliphatic heterocycles. The quantitative estimate of drug-likeness (QED) is 0.863. The molecule has 0 bridgehead atoms. The molecule has 19 heavy (non-hydrogen) atoms. The first kappa shape index (κ1) is 14.4. The van der Waals surface area contributed by atoms with Gasteiger partial charge >= 0.3 is 0 Å². The van der Waals surface area contributed by atoms with E-state index in [1.165, 1.54) is 0 Å². The van der Waals surface area contributed by atoms with Crippen LogP contribution >= 0.6 is 27.3 Å². The Morgan fingerprint density at radius 1 is 1.16 bits per heavy atom. The molecular formula is C14H16BrNO2S. The van der Waals surface area contributed by atoms with Gasteiger partial charge < -0.3 is 15.2 Å². The van der Waals surface area contributed by atoms with Crippen molar-refractivity contribution in [3.63, 3.8) is 0 Å². The SMILES string of the molecule is CCOc1ccc(OC(CN)c2ccc(Br)s2)cc1. The Labute approximate surface area is 125 Å². The van der Waals surface area contributed by atoms with Crippen LogP contribution in [0.4, 0.5) is 0 Å². The van der Waals surface area contributed by atoms with Crippen LogP contribution < -0.4 is 15.2 Å². The van der Waals surface area contributed by atoms with Gasteiger partial charge in [-0.15, -0.1) is 11.3 Å². The summed E-state index contributed by atoms with van der Waals surface area (Å²) in [6.45, 7) is 3.07. The Balaban J connectivity index is 2.05. The molecule has 0 amide bonds. The van der Waals surface area contributed by atoms with E-state index in [0.717, 1.165) is 20.2 Å². The highest BCUT2D eigenvalue weighted by Crippen LogP contribution is 2.30. The van der Waals surface area contributed by atoms with Crippen molar-refractivity contribution in [2.45, 2.75) is 13.0 Å². The van der Waals surface area contributed by atoms with Crippen molar-refractivity contribution in [1.29, 1.82) is 0 Å². The first-order chi connectivity index (χ1) is 9.22. The molecule has 1 unspecified atom stereocenters. The molecule has 2 N–H and O–H groups in total. The van der Waals surface area contributed by atoms with Gasteiger partial charge in [-0.3, -0.25) is 0 Å². The molecule has 1 atom stereocenters. The van der Waals surface area contributed by atoms with E-state index in [1.54, 1.807) is 11.3 Å². The molecule has 5 heteroatoms. The topological polar surface area (TPSA) is 44.5 Å². The molecule has 2 rings (SSSR count). The van der Waals surface area contributed by atoms with Crippen molar-refractivity contribution in [3.05, 3.63) is 45.1 Å². The smallest absolute Gasteiger partial charge is 0.145 e. The van der Waals surface area contributed by atoms with Crippen LogP contribution in [0.15, 0.2) is 40.2 Å². The van der Waals surface area contributed by atoms with E-state index < -0.39 is 0 Å². The molecule has 0 spiro atoms. The Kier molecular flexibility index (Phi) is 5.24. The predicted molar refractivity (Wildman–Crippen MR) is 82.1 cm³/mol. The normalized spacial score (nSPS) is 12.2. The number of hydrogen-bond donors (Lipinski definition) is 1. The fraction of sp³-hybridized carbons (Fsp3) is 0.286.